The van der Waals surface area contributed by atoms with Gasteiger partial charge in [0.1, 0.15) is 10.2 Å². The molecule has 21 heavy (non-hydrogen) atoms. The lowest BCUT2D eigenvalue weighted by Crippen LogP contribution is -2.35. The topological polar surface area (TPSA) is 60.5 Å². The molecule has 0 bridgehead atoms. The first kappa shape index (κ1) is 17.9. The molecule has 1 aromatic rings. The number of nitrogens with one attached hydrogen (secondary N) is 1. The van der Waals surface area contributed by atoms with Crippen LogP contribution < -0.4 is 5.32 Å². The molecule has 118 valence electrons. The lowest BCUT2D eigenvalue weighted by atomic mass is 10.1. The fourth-order valence-corrected chi connectivity index (χ4v) is 2.15. The summed E-state index contributed by atoms with van der Waals surface area (Å²) in [5, 5.41) is 2.88. The van der Waals surface area contributed by atoms with Crippen LogP contribution in [-0.4, -0.2) is 30.4 Å². The van der Waals surface area contributed by atoms with Crippen molar-refractivity contribution in [2.45, 2.75) is 45.3 Å². The Morgan fingerprint density at radius 2 is 2.14 bits per heavy atom. The molecule has 1 atom stereocenters. The second-order valence-corrected chi connectivity index (χ2v) is 6.53. The number of methoxy groups -OCH3 is 1. The molecule has 0 aliphatic carbocycles. The van der Waals surface area contributed by atoms with Gasteiger partial charge in [0.05, 0.1) is 11.7 Å². The number of amides is 1. The highest BCUT2D eigenvalue weighted by Crippen LogP contribution is 2.19. The quantitative estimate of drug-likeness (QED) is 0.619. The molecule has 0 aliphatic heterocycles. The van der Waals surface area contributed by atoms with Crippen LogP contribution in [0.1, 0.15) is 45.3 Å². The molecule has 0 unspecified atom stereocenters. The van der Waals surface area contributed by atoms with Gasteiger partial charge in [0, 0.05) is 13.7 Å². The first-order valence-electron chi connectivity index (χ1n) is 6.93. The molecule has 1 aromatic heterocycles. The van der Waals surface area contributed by atoms with E-state index in [9.17, 15) is 4.79 Å². The van der Waals surface area contributed by atoms with E-state index in [1.807, 2.05) is 39.0 Å². The molecule has 0 radical (unpaired) electrons. The number of rotatable bonds is 6. The van der Waals surface area contributed by atoms with Crippen molar-refractivity contribution in [3.8, 4) is 0 Å². The summed E-state index contributed by atoms with van der Waals surface area (Å²) in [6, 6.07) is 5.43. The number of hydrogen-bond acceptors (Lipinski definition) is 4. The Morgan fingerprint density at radius 1 is 1.43 bits per heavy atom. The Bertz CT molecular complexity index is 460. The van der Waals surface area contributed by atoms with Crippen molar-refractivity contribution in [1.82, 2.24) is 10.3 Å². The number of halogens is 1. The second kappa shape index (κ2) is 8.34. The summed E-state index contributed by atoms with van der Waals surface area (Å²) in [7, 11) is 1.66. The maximum absolute atomic E-state index is 12.0. The number of ether oxygens (including phenoxy) is 2. The van der Waals surface area contributed by atoms with E-state index in [0.29, 0.717) is 6.61 Å². The average molecular weight is 359 g/mol. The summed E-state index contributed by atoms with van der Waals surface area (Å²) in [4.78, 5) is 16.4. The van der Waals surface area contributed by atoms with E-state index in [1.54, 1.807) is 7.11 Å². The highest BCUT2D eigenvalue weighted by atomic mass is 79.9. The van der Waals surface area contributed by atoms with E-state index in [-0.39, 0.29) is 6.04 Å². The van der Waals surface area contributed by atoms with Crippen molar-refractivity contribution in [3.63, 3.8) is 0 Å². The summed E-state index contributed by atoms with van der Waals surface area (Å²) in [5.74, 6) is 0. The van der Waals surface area contributed by atoms with E-state index < -0.39 is 11.7 Å². The van der Waals surface area contributed by atoms with Crippen LogP contribution in [0.15, 0.2) is 22.8 Å². The van der Waals surface area contributed by atoms with Crippen LogP contribution in [-0.2, 0) is 9.47 Å². The molecule has 0 saturated carbocycles. The molecule has 1 heterocycles. The highest BCUT2D eigenvalue weighted by Gasteiger charge is 2.21. The Hall–Kier alpha value is -1.14. The number of pyridine rings is 1. The van der Waals surface area contributed by atoms with Gasteiger partial charge in [-0.15, -0.1) is 0 Å². The number of carbonyl (C=O) groups excluding carboxylic acids is 1. The number of hydrogen-bond donors (Lipinski definition) is 1. The van der Waals surface area contributed by atoms with E-state index in [2.05, 4.69) is 26.2 Å². The van der Waals surface area contributed by atoms with Gasteiger partial charge in [0.15, 0.2) is 0 Å². The van der Waals surface area contributed by atoms with Crippen LogP contribution in [0, 0.1) is 0 Å². The molecule has 0 spiro atoms. The summed E-state index contributed by atoms with van der Waals surface area (Å²) in [5.41, 5.74) is 0.276. The standard InChI is InChI=1S/C15H23BrN2O3/c1-15(2,3)21-14(19)18-12(8-6-10-20-4)11-7-5-9-13(16)17-11/h5,7,9,12H,6,8,10H2,1-4H3,(H,18,19)/t12-/m0/s1. The van der Waals surface area contributed by atoms with Crippen molar-refractivity contribution >= 4 is 22.0 Å². The number of carbonyl (C=O) groups is 1. The second-order valence-electron chi connectivity index (χ2n) is 5.72. The van der Waals surface area contributed by atoms with Gasteiger partial charge in [0.2, 0.25) is 0 Å². The van der Waals surface area contributed by atoms with Crippen LogP contribution in [0.2, 0.25) is 0 Å². The number of alkyl carbamates (subject to hydrolysis) is 1. The molecule has 0 aliphatic rings. The predicted octanol–water partition coefficient (Wildman–Crippen LogP) is 3.84. The molecule has 1 amide bonds. The SMILES string of the molecule is COCCC[C@H](NC(=O)OC(C)(C)C)c1cccc(Br)n1. The van der Waals surface area contributed by atoms with Gasteiger partial charge in [0.25, 0.3) is 0 Å². The number of nitrogens with zero attached hydrogens (tertiary/aromatic N) is 1. The maximum Gasteiger partial charge on any atom is 0.408 e. The van der Waals surface area contributed by atoms with Crippen molar-refractivity contribution in [2.75, 3.05) is 13.7 Å². The van der Waals surface area contributed by atoms with Crippen LogP contribution in [0.3, 0.4) is 0 Å². The number of aromatic nitrogens is 1. The van der Waals surface area contributed by atoms with E-state index in [4.69, 9.17) is 9.47 Å². The minimum absolute atomic E-state index is 0.201. The summed E-state index contributed by atoms with van der Waals surface area (Å²) < 4.78 is 11.1. The van der Waals surface area contributed by atoms with Gasteiger partial charge in [-0.1, -0.05) is 6.07 Å². The fourth-order valence-electron chi connectivity index (χ4n) is 1.79. The van der Waals surface area contributed by atoms with Crippen LogP contribution in [0.5, 0.6) is 0 Å². The molecule has 1 N–H and O–H groups in total. The monoisotopic (exact) mass is 358 g/mol. The summed E-state index contributed by atoms with van der Waals surface area (Å²) >= 11 is 3.35. The summed E-state index contributed by atoms with van der Waals surface area (Å²) in [6.45, 7) is 6.15. The van der Waals surface area contributed by atoms with E-state index in [1.165, 1.54) is 0 Å². The Labute approximate surface area is 134 Å². The maximum atomic E-state index is 12.0. The molecular weight excluding hydrogens is 336 g/mol. The molecule has 6 heteroatoms. The van der Waals surface area contributed by atoms with Crippen molar-refractivity contribution in [2.24, 2.45) is 0 Å². The first-order valence-corrected chi connectivity index (χ1v) is 7.72. The Morgan fingerprint density at radius 3 is 2.71 bits per heavy atom. The van der Waals surface area contributed by atoms with E-state index in [0.717, 1.165) is 23.1 Å². The normalized spacial score (nSPS) is 12.8. The van der Waals surface area contributed by atoms with Crippen LogP contribution >= 0.6 is 15.9 Å². The van der Waals surface area contributed by atoms with Crippen molar-refractivity contribution in [1.29, 1.82) is 0 Å². The van der Waals surface area contributed by atoms with Gasteiger partial charge in [-0.2, -0.15) is 0 Å². The minimum Gasteiger partial charge on any atom is -0.444 e. The lowest BCUT2D eigenvalue weighted by Gasteiger charge is -2.23. The van der Waals surface area contributed by atoms with Gasteiger partial charge < -0.3 is 14.8 Å². The largest absolute Gasteiger partial charge is 0.444 e. The zero-order valence-corrected chi connectivity index (χ0v) is 14.6. The van der Waals surface area contributed by atoms with Crippen molar-refractivity contribution in [3.05, 3.63) is 28.5 Å². The zero-order valence-electron chi connectivity index (χ0n) is 13.0. The third kappa shape index (κ3) is 7.43. The smallest absolute Gasteiger partial charge is 0.408 e. The lowest BCUT2D eigenvalue weighted by molar-refractivity contribution is 0.0496. The third-order valence-electron chi connectivity index (χ3n) is 2.63. The predicted molar refractivity (Wildman–Crippen MR) is 85.2 cm³/mol. The van der Waals surface area contributed by atoms with Gasteiger partial charge in [-0.3, -0.25) is 0 Å². The van der Waals surface area contributed by atoms with Gasteiger partial charge in [-0.05, 0) is 61.7 Å². The third-order valence-corrected chi connectivity index (χ3v) is 3.07. The molecule has 5 nitrogen and oxygen atoms in total. The van der Waals surface area contributed by atoms with E-state index >= 15 is 0 Å². The van der Waals surface area contributed by atoms with Crippen molar-refractivity contribution < 1.29 is 14.3 Å². The molecule has 0 saturated heterocycles. The molecule has 1 rings (SSSR count). The average Bonchev–Trinajstić information content (AvgIpc) is 2.35. The molecule has 0 aromatic carbocycles. The van der Waals surface area contributed by atoms with Gasteiger partial charge in [-0.25, -0.2) is 9.78 Å². The Balaban J connectivity index is 2.75. The Kier molecular flexibility index (Phi) is 7.11. The zero-order chi connectivity index (χ0) is 15.9. The highest BCUT2D eigenvalue weighted by molar-refractivity contribution is 9.10. The first-order chi connectivity index (χ1) is 9.81. The fraction of sp³-hybridized carbons (Fsp3) is 0.600. The summed E-state index contributed by atoms with van der Waals surface area (Å²) in [6.07, 6.45) is 1.12. The molecular formula is C15H23BrN2O3. The molecule has 0 fully saturated rings. The minimum atomic E-state index is -0.522. The van der Waals surface area contributed by atoms with Crippen LogP contribution in [0.25, 0.3) is 0 Å². The van der Waals surface area contributed by atoms with Crippen LogP contribution in [0.4, 0.5) is 4.79 Å². The van der Waals surface area contributed by atoms with Gasteiger partial charge >= 0.3 is 6.09 Å².